The summed E-state index contributed by atoms with van der Waals surface area (Å²) in [7, 11) is 1.45. The summed E-state index contributed by atoms with van der Waals surface area (Å²) in [5.41, 5.74) is -1.05. The van der Waals surface area contributed by atoms with Crippen molar-refractivity contribution in [1.29, 1.82) is 0 Å². The number of hydrogen-bond acceptors (Lipinski definition) is 4. The fourth-order valence-corrected chi connectivity index (χ4v) is 2.88. The highest BCUT2D eigenvalue weighted by Crippen LogP contribution is 2.34. The van der Waals surface area contributed by atoms with Crippen LogP contribution in [0.1, 0.15) is 40.0 Å². The van der Waals surface area contributed by atoms with Crippen molar-refractivity contribution < 1.29 is 27.5 Å². The van der Waals surface area contributed by atoms with Crippen LogP contribution >= 0.6 is 0 Å². The van der Waals surface area contributed by atoms with Crippen molar-refractivity contribution in [3.05, 3.63) is 0 Å². The molecule has 1 rings (SSSR count). The molecule has 0 aliphatic carbocycles. The standard InChI is InChI=1S/C15H25F3N2O3/c1-5-23-12(21)9-20(4)13(22)14(2,3)10-7-6-8-11(19-10)15(16,17)18/h10-11,19H,5-9H2,1-4H3/t10-,11+/m0/s1. The van der Waals surface area contributed by atoms with Crippen LogP contribution in [0.15, 0.2) is 0 Å². The lowest BCUT2D eigenvalue weighted by atomic mass is 9.77. The number of halogens is 3. The Kier molecular flexibility index (Phi) is 6.44. The van der Waals surface area contributed by atoms with Crippen LogP contribution in [0, 0.1) is 5.41 Å². The number of piperidine rings is 1. The van der Waals surface area contributed by atoms with E-state index in [1.807, 2.05) is 0 Å². The van der Waals surface area contributed by atoms with Crippen LogP contribution in [0.5, 0.6) is 0 Å². The summed E-state index contributed by atoms with van der Waals surface area (Å²) in [5.74, 6) is -0.921. The van der Waals surface area contributed by atoms with Crippen LogP contribution in [0.3, 0.4) is 0 Å². The van der Waals surface area contributed by atoms with Gasteiger partial charge in [-0.3, -0.25) is 9.59 Å². The predicted molar refractivity (Wildman–Crippen MR) is 78.7 cm³/mol. The lowest BCUT2D eigenvalue weighted by Crippen LogP contribution is -2.59. The average Bonchev–Trinajstić information content (AvgIpc) is 2.45. The quantitative estimate of drug-likeness (QED) is 0.780. The third-order valence-corrected chi connectivity index (χ3v) is 4.22. The molecule has 1 fully saturated rings. The first kappa shape index (κ1) is 19.7. The fourth-order valence-electron chi connectivity index (χ4n) is 2.88. The lowest BCUT2D eigenvalue weighted by Gasteiger charge is -2.41. The van der Waals surface area contributed by atoms with Crippen molar-refractivity contribution in [3.8, 4) is 0 Å². The molecule has 23 heavy (non-hydrogen) atoms. The van der Waals surface area contributed by atoms with Gasteiger partial charge in [-0.25, -0.2) is 0 Å². The summed E-state index contributed by atoms with van der Waals surface area (Å²) >= 11 is 0. The van der Waals surface area contributed by atoms with Crippen molar-refractivity contribution >= 4 is 11.9 Å². The molecule has 0 unspecified atom stereocenters. The number of ether oxygens (including phenoxy) is 1. The maximum atomic E-state index is 12.9. The zero-order valence-corrected chi connectivity index (χ0v) is 14.0. The van der Waals surface area contributed by atoms with Gasteiger partial charge in [-0.05, 0) is 40.0 Å². The van der Waals surface area contributed by atoms with Gasteiger partial charge in [-0.2, -0.15) is 13.2 Å². The normalized spacial score (nSPS) is 22.6. The van der Waals surface area contributed by atoms with Crippen LogP contribution < -0.4 is 5.32 Å². The first-order valence-corrected chi connectivity index (χ1v) is 7.74. The van der Waals surface area contributed by atoms with Gasteiger partial charge in [0.05, 0.1) is 12.0 Å². The van der Waals surface area contributed by atoms with Gasteiger partial charge in [0.15, 0.2) is 0 Å². The largest absolute Gasteiger partial charge is 0.465 e. The number of rotatable bonds is 5. The summed E-state index contributed by atoms with van der Waals surface area (Å²) in [4.78, 5) is 25.2. The first-order valence-electron chi connectivity index (χ1n) is 7.74. The Morgan fingerprint density at radius 2 is 1.78 bits per heavy atom. The molecule has 0 bridgehead atoms. The van der Waals surface area contributed by atoms with Gasteiger partial charge in [0.1, 0.15) is 12.6 Å². The fraction of sp³-hybridized carbons (Fsp3) is 0.867. The van der Waals surface area contributed by atoms with E-state index >= 15 is 0 Å². The third-order valence-electron chi connectivity index (χ3n) is 4.22. The van der Waals surface area contributed by atoms with Gasteiger partial charge in [0.2, 0.25) is 5.91 Å². The summed E-state index contributed by atoms with van der Waals surface area (Å²) < 4.78 is 43.5. The molecule has 0 aromatic heterocycles. The molecule has 1 aliphatic rings. The minimum Gasteiger partial charge on any atom is -0.465 e. The number of nitrogens with one attached hydrogen (secondary N) is 1. The molecule has 0 radical (unpaired) electrons. The monoisotopic (exact) mass is 338 g/mol. The van der Waals surface area contributed by atoms with E-state index in [1.54, 1.807) is 20.8 Å². The zero-order chi connectivity index (χ0) is 17.8. The third kappa shape index (κ3) is 5.09. The number of carbonyl (C=O) groups excluding carboxylic acids is 2. The Balaban J connectivity index is 2.76. The molecule has 8 heteroatoms. The molecule has 1 N–H and O–H groups in total. The predicted octanol–water partition coefficient (Wildman–Crippen LogP) is 2.11. The Morgan fingerprint density at radius 3 is 2.30 bits per heavy atom. The Hall–Kier alpha value is -1.31. The van der Waals surface area contributed by atoms with E-state index in [-0.39, 0.29) is 25.5 Å². The van der Waals surface area contributed by atoms with E-state index in [9.17, 15) is 22.8 Å². The molecule has 5 nitrogen and oxygen atoms in total. The van der Waals surface area contributed by atoms with E-state index in [1.165, 1.54) is 11.9 Å². The number of carbonyl (C=O) groups is 2. The van der Waals surface area contributed by atoms with Crippen LogP contribution in [0.25, 0.3) is 0 Å². The summed E-state index contributed by atoms with van der Waals surface area (Å²) in [6, 6.07) is -2.19. The van der Waals surface area contributed by atoms with Gasteiger partial charge in [-0.1, -0.05) is 0 Å². The van der Waals surface area contributed by atoms with E-state index in [0.717, 1.165) is 0 Å². The minimum absolute atomic E-state index is 0.0168. The highest BCUT2D eigenvalue weighted by Gasteiger charge is 2.47. The highest BCUT2D eigenvalue weighted by molar-refractivity contribution is 5.86. The Labute approximate surface area is 134 Å². The van der Waals surface area contributed by atoms with Crippen LogP contribution in [0.2, 0.25) is 0 Å². The molecule has 134 valence electrons. The molecule has 2 atom stereocenters. The molecule has 0 spiro atoms. The summed E-state index contributed by atoms with van der Waals surface area (Å²) in [6.07, 6.45) is -3.42. The van der Waals surface area contributed by atoms with Crippen molar-refractivity contribution in [2.75, 3.05) is 20.2 Å². The molecule has 1 saturated heterocycles. The maximum Gasteiger partial charge on any atom is 0.403 e. The Bertz CT molecular complexity index is 438. The van der Waals surface area contributed by atoms with Crippen molar-refractivity contribution in [1.82, 2.24) is 10.2 Å². The number of alkyl halides is 3. The molecule has 0 aromatic rings. The molecular formula is C15H25F3N2O3. The topological polar surface area (TPSA) is 58.6 Å². The van der Waals surface area contributed by atoms with E-state index in [2.05, 4.69) is 5.32 Å². The number of esters is 1. The molecule has 1 heterocycles. The lowest BCUT2D eigenvalue weighted by molar-refractivity contribution is -0.169. The van der Waals surface area contributed by atoms with Gasteiger partial charge in [0, 0.05) is 13.1 Å². The smallest absolute Gasteiger partial charge is 0.403 e. The number of amides is 1. The molecule has 1 amide bonds. The molecule has 1 aliphatic heterocycles. The molecular weight excluding hydrogens is 313 g/mol. The summed E-state index contributed by atoms with van der Waals surface area (Å²) in [5, 5.41) is 2.56. The zero-order valence-electron chi connectivity index (χ0n) is 14.0. The van der Waals surface area contributed by atoms with Crippen molar-refractivity contribution in [2.24, 2.45) is 5.41 Å². The average molecular weight is 338 g/mol. The molecule has 0 saturated carbocycles. The minimum atomic E-state index is -4.32. The van der Waals surface area contributed by atoms with Crippen LogP contribution in [-0.2, 0) is 14.3 Å². The number of nitrogens with zero attached hydrogens (tertiary/aromatic N) is 1. The number of hydrogen-bond donors (Lipinski definition) is 1. The Morgan fingerprint density at radius 1 is 1.22 bits per heavy atom. The van der Waals surface area contributed by atoms with E-state index < -0.39 is 29.6 Å². The highest BCUT2D eigenvalue weighted by atomic mass is 19.4. The SMILES string of the molecule is CCOC(=O)CN(C)C(=O)C(C)(C)[C@@H]1CCC[C@H](C(F)(F)F)N1. The first-order chi connectivity index (χ1) is 10.5. The second-order valence-electron chi connectivity index (χ2n) is 6.43. The molecule has 0 aromatic carbocycles. The van der Waals surface area contributed by atoms with Crippen LogP contribution in [0.4, 0.5) is 13.2 Å². The summed E-state index contributed by atoms with van der Waals surface area (Å²) in [6.45, 7) is 4.86. The van der Waals surface area contributed by atoms with E-state index in [0.29, 0.717) is 12.8 Å². The van der Waals surface area contributed by atoms with Crippen LogP contribution in [-0.4, -0.2) is 55.2 Å². The van der Waals surface area contributed by atoms with Gasteiger partial charge in [0.25, 0.3) is 0 Å². The van der Waals surface area contributed by atoms with Crippen molar-refractivity contribution in [3.63, 3.8) is 0 Å². The van der Waals surface area contributed by atoms with Gasteiger partial charge in [-0.15, -0.1) is 0 Å². The van der Waals surface area contributed by atoms with Crippen molar-refractivity contribution in [2.45, 2.75) is 58.3 Å². The second kappa shape index (κ2) is 7.51. The second-order valence-corrected chi connectivity index (χ2v) is 6.43. The van der Waals surface area contributed by atoms with E-state index in [4.69, 9.17) is 4.74 Å². The van der Waals surface area contributed by atoms with Gasteiger partial charge < -0.3 is 15.0 Å². The van der Waals surface area contributed by atoms with Gasteiger partial charge >= 0.3 is 12.1 Å². The number of likely N-dealkylation sites (N-methyl/N-ethyl adjacent to an activating group) is 1. The maximum absolute atomic E-state index is 12.9.